The maximum atomic E-state index is 14.8. The maximum Gasteiger partial charge on any atom is 0.414 e. The van der Waals surface area contributed by atoms with E-state index in [4.69, 9.17) is 8.92 Å². The first-order valence-corrected chi connectivity index (χ1v) is 11.7. The van der Waals surface area contributed by atoms with E-state index in [2.05, 4.69) is 5.32 Å². The molecule has 1 atom stereocenters. The first-order valence-electron chi connectivity index (χ1n) is 9.84. The van der Waals surface area contributed by atoms with Crippen LogP contribution in [0.3, 0.4) is 0 Å². The lowest BCUT2D eigenvalue weighted by atomic mass is 10.1. The van der Waals surface area contributed by atoms with Crippen molar-refractivity contribution in [3.8, 4) is 0 Å². The number of nitrogens with one attached hydrogen (secondary N) is 1. The van der Waals surface area contributed by atoms with E-state index in [9.17, 15) is 22.4 Å². The summed E-state index contributed by atoms with van der Waals surface area (Å²) in [6.07, 6.45) is 0.817. The summed E-state index contributed by atoms with van der Waals surface area (Å²) in [5.41, 5.74) is 0.761. The van der Waals surface area contributed by atoms with Crippen molar-refractivity contribution in [1.82, 2.24) is 5.32 Å². The number of nitrogens with zero attached hydrogens (tertiary/aromatic N) is 2. The highest BCUT2D eigenvalue weighted by Crippen LogP contribution is 2.30. The molecule has 30 heavy (non-hydrogen) atoms. The van der Waals surface area contributed by atoms with Crippen molar-refractivity contribution in [2.75, 3.05) is 42.2 Å². The van der Waals surface area contributed by atoms with Crippen molar-refractivity contribution < 1.29 is 31.3 Å². The van der Waals surface area contributed by atoms with Gasteiger partial charge in [0, 0.05) is 19.5 Å². The number of hydrogen-bond donors (Lipinski definition) is 1. The zero-order valence-electron chi connectivity index (χ0n) is 17.0. The minimum absolute atomic E-state index is 0.134. The Morgan fingerprint density at radius 1 is 1.33 bits per heavy atom. The van der Waals surface area contributed by atoms with E-state index in [1.165, 1.54) is 11.0 Å². The molecule has 1 aromatic rings. The van der Waals surface area contributed by atoms with Gasteiger partial charge in [-0.3, -0.25) is 13.9 Å². The fraction of sp³-hybridized carbons (Fsp3) is 0.579. The molecule has 3 rings (SSSR count). The summed E-state index contributed by atoms with van der Waals surface area (Å²) in [6, 6.07) is 4.52. The monoisotopic (exact) mass is 443 g/mol. The number of amides is 2. The number of halogens is 1. The Hall–Kier alpha value is -2.40. The van der Waals surface area contributed by atoms with Crippen LogP contribution in [-0.2, 0) is 23.8 Å². The SMILES string of the molecule is CCC(=O)NCC1CN(c2ccc(N3CCC(OS(C)(=O)=O)CC3)c(F)c2)C(=O)O1. The largest absolute Gasteiger partial charge is 0.442 e. The summed E-state index contributed by atoms with van der Waals surface area (Å²) in [6.45, 7) is 3.08. The minimum Gasteiger partial charge on any atom is -0.442 e. The third-order valence-corrected chi connectivity index (χ3v) is 5.68. The van der Waals surface area contributed by atoms with E-state index in [-0.39, 0.29) is 19.0 Å². The van der Waals surface area contributed by atoms with Gasteiger partial charge < -0.3 is 15.0 Å². The summed E-state index contributed by atoms with van der Waals surface area (Å²) in [5.74, 6) is -0.615. The maximum absolute atomic E-state index is 14.8. The first-order chi connectivity index (χ1) is 14.2. The van der Waals surface area contributed by atoms with Crippen LogP contribution in [0, 0.1) is 5.82 Å². The molecule has 2 fully saturated rings. The molecule has 0 aliphatic carbocycles. The summed E-state index contributed by atoms with van der Waals surface area (Å²) in [4.78, 5) is 26.7. The number of anilines is 2. The second-order valence-corrected chi connectivity index (χ2v) is 9.00. The van der Waals surface area contributed by atoms with Gasteiger partial charge in [0.05, 0.1) is 36.8 Å². The Morgan fingerprint density at radius 2 is 2.03 bits per heavy atom. The number of cyclic esters (lactones) is 1. The van der Waals surface area contributed by atoms with E-state index >= 15 is 0 Å². The predicted octanol–water partition coefficient (Wildman–Crippen LogP) is 1.62. The third kappa shape index (κ3) is 5.60. The molecule has 11 heteroatoms. The van der Waals surface area contributed by atoms with E-state index in [0.717, 1.165) is 6.26 Å². The number of carbonyl (C=O) groups is 2. The van der Waals surface area contributed by atoms with Gasteiger partial charge in [-0.05, 0) is 31.0 Å². The van der Waals surface area contributed by atoms with Crippen molar-refractivity contribution in [3.63, 3.8) is 0 Å². The molecule has 2 amide bonds. The quantitative estimate of drug-likeness (QED) is 0.639. The van der Waals surface area contributed by atoms with Crippen LogP contribution >= 0.6 is 0 Å². The van der Waals surface area contributed by atoms with Crippen LogP contribution in [0.2, 0.25) is 0 Å². The molecule has 2 aliphatic rings. The van der Waals surface area contributed by atoms with Crippen LogP contribution in [0.4, 0.5) is 20.6 Å². The molecule has 1 N–H and O–H groups in total. The summed E-state index contributed by atoms with van der Waals surface area (Å²) in [7, 11) is -3.51. The molecule has 2 aliphatic heterocycles. The molecule has 0 saturated carbocycles. The Balaban J connectivity index is 1.60. The summed E-state index contributed by atoms with van der Waals surface area (Å²) in [5, 5.41) is 2.68. The molecule has 9 nitrogen and oxygen atoms in total. The van der Waals surface area contributed by atoms with Crippen LogP contribution in [-0.4, -0.2) is 65.1 Å². The first kappa shape index (κ1) is 22.3. The number of hydrogen-bond acceptors (Lipinski definition) is 7. The number of piperidine rings is 1. The van der Waals surface area contributed by atoms with Gasteiger partial charge in [0.25, 0.3) is 10.1 Å². The van der Waals surface area contributed by atoms with Gasteiger partial charge in [-0.2, -0.15) is 8.42 Å². The summed E-state index contributed by atoms with van der Waals surface area (Å²) >= 11 is 0. The smallest absolute Gasteiger partial charge is 0.414 e. The highest BCUT2D eigenvalue weighted by atomic mass is 32.2. The van der Waals surface area contributed by atoms with Gasteiger partial charge in [0.15, 0.2) is 0 Å². The summed E-state index contributed by atoms with van der Waals surface area (Å²) < 4.78 is 47.5. The molecule has 2 saturated heterocycles. The Labute approximate surface area is 175 Å². The van der Waals surface area contributed by atoms with Crippen molar-refractivity contribution >= 4 is 33.5 Å². The zero-order chi connectivity index (χ0) is 21.9. The Kier molecular flexibility index (Phi) is 6.81. The second kappa shape index (κ2) is 9.17. The van der Waals surface area contributed by atoms with Crippen LogP contribution in [0.15, 0.2) is 18.2 Å². The van der Waals surface area contributed by atoms with E-state index < -0.39 is 34.2 Å². The fourth-order valence-electron chi connectivity index (χ4n) is 3.55. The third-order valence-electron chi connectivity index (χ3n) is 5.06. The fourth-order valence-corrected chi connectivity index (χ4v) is 4.24. The highest BCUT2D eigenvalue weighted by Gasteiger charge is 2.33. The van der Waals surface area contributed by atoms with Crippen LogP contribution < -0.4 is 15.1 Å². The van der Waals surface area contributed by atoms with Crippen LogP contribution in [0.1, 0.15) is 26.2 Å². The molecule has 2 heterocycles. The molecule has 0 bridgehead atoms. The van der Waals surface area contributed by atoms with Gasteiger partial charge in [0.1, 0.15) is 11.9 Å². The van der Waals surface area contributed by atoms with E-state index in [1.54, 1.807) is 19.1 Å². The molecular formula is C19H26FN3O6S. The van der Waals surface area contributed by atoms with Gasteiger partial charge in [-0.1, -0.05) is 6.92 Å². The van der Waals surface area contributed by atoms with Crippen molar-refractivity contribution in [1.29, 1.82) is 0 Å². The lowest BCUT2D eigenvalue weighted by Gasteiger charge is -2.33. The average molecular weight is 443 g/mol. The zero-order valence-corrected chi connectivity index (χ0v) is 17.8. The van der Waals surface area contributed by atoms with Crippen molar-refractivity contribution in [2.24, 2.45) is 0 Å². The number of carbonyl (C=O) groups excluding carboxylic acids is 2. The second-order valence-electron chi connectivity index (χ2n) is 7.40. The lowest BCUT2D eigenvalue weighted by molar-refractivity contribution is -0.121. The van der Waals surface area contributed by atoms with E-state index in [0.29, 0.717) is 43.7 Å². The number of benzene rings is 1. The molecule has 166 valence electrons. The number of ether oxygens (including phenoxy) is 1. The molecule has 1 aromatic carbocycles. The van der Waals surface area contributed by atoms with Gasteiger partial charge in [-0.15, -0.1) is 0 Å². The van der Waals surface area contributed by atoms with Gasteiger partial charge in [-0.25, -0.2) is 9.18 Å². The minimum atomic E-state index is -3.51. The molecular weight excluding hydrogens is 417 g/mol. The molecule has 1 unspecified atom stereocenters. The number of rotatable bonds is 7. The molecule has 0 spiro atoms. The Bertz CT molecular complexity index is 902. The normalized spacial score (nSPS) is 20.4. The predicted molar refractivity (Wildman–Crippen MR) is 108 cm³/mol. The van der Waals surface area contributed by atoms with Crippen LogP contribution in [0.5, 0.6) is 0 Å². The Morgan fingerprint density at radius 3 is 2.63 bits per heavy atom. The van der Waals surface area contributed by atoms with Gasteiger partial charge >= 0.3 is 6.09 Å². The van der Waals surface area contributed by atoms with Crippen LogP contribution in [0.25, 0.3) is 0 Å². The molecule has 0 aromatic heterocycles. The standard InChI is InChI=1S/C19H26FN3O6S/c1-3-18(24)21-11-15-12-23(19(25)28-15)13-4-5-17(16(20)10-13)22-8-6-14(7-9-22)29-30(2,26)27/h4-5,10,14-15H,3,6-9,11-12H2,1-2H3,(H,21,24). The average Bonchev–Trinajstić information content (AvgIpc) is 3.06. The highest BCUT2D eigenvalue weighted by molar-refractivity contribution is 7.86. The molecule has 0 radical (unpaired) electrons. The van der Waals surface area contributed by atoms with Crippen molar-refractivity contribution in [3.05, 3.63) is 24.0 Å². The lowest BCUT2D eigenvalue weighted by Crippen LogP contribution is -2.38. The van der Waals surface area contributed by atoms with E-state index in [1.807, 2.05) is 4.90 Å². The van der Waals surface area contributed by atoms with Crippen molar-refractivity contribution in [2.45, 2.75) is 38.4 Å². The topological polar surface area (TPSA) is 105 Å². The van der Waals surface area contributed by atoms with Gasteiger partial charge in [0.2, 0.25) is 5.91 Å².